The summed E-state index contributed by atoms with van der Waals surface area (Å²) in [5.74, 6) is 0. The van der Waals surface area contributed by atoms with E-state index in [-0.39, 0.29) is 0 Å². The van der Waals surface area contributed by atoms with Crippen molar-refractivity contribution >= 4 is 5.69 Å². The fourth-order valence-electron chi connectivity index (χ4n) is 1.98. The van der Waals surface area contributed by atoms with Crippen LogP contribution in [0.15, 0.2) is 0 Å². The van der Waals surface area contributed by atoms with E-state index < -0.39 is 6.10 Å². The summed E-state index contributed by atoms with van der Waals surface area (Å²) in [7, 11) is 2.02. The lowest BCUT2D eigenvalue weighted by Gasteiger charge is -2.20. The molecule has 1 atom stereocenters. The van der Waals surface area contributed by atoms with E-state index in [4.69, 9.17) is 5.73 Å². The van der Waals surface area contributed by atoms with Gasteiger partial charge in [-0.05, 0) is 33.9 Å². The molecule has 0 spiro atoms. The van der Waals surface area contributed by atoms with E-state index >= 15 is 0 Å². The molecule has 0 aliphatic carbocycles. The Hall–Kier alpha value is -1.07. The maximum atomic E-state index is 9.98. The summed E-state index contributed by atoms with van der Waals surface area (Å²) in [4.78, 5) is 2.12. The van der Waals surface area contributed by atoms with E-state index in [1.54, 1.807) is 4.68 Å². The van der Waals surface area contributed by atoms with Crippen molar-refractivity contribution in [3.05, 3.63) is 11.4 Å². The first-order chi connectivity index (χ1) is 7.95. The number of nitrogens with zero attached hydrogens (tertiary/aromatic N) is 3. The number of nitrogen functional groups attached to an aromatic ring is 1. The Bertz CT molecular complexity index is 362. The zero-order valence-electron chi connectivity index (χ0n) is 11.3. The number of aliphatic hydroxyl groups excluding tert-OH is 1. The van der Waals surface area contributed by atoms with Crippen LogP contribution in [-0.2, 0) is 6.54 Å². The van der Waals surface area contributed by atoms with E-state index in [1.165, 1.54) is 0 Å². The average Bonchev–Trinajstić information content (AvgIpc) is 2.46. The van der Waals surface area contributed by atoms with Gasteiger partial charge in [0.05, 0.1) is 29.7 Å². The molecule has 0 amide bonds. The molecule has 0 saturated carbocycles. The Morgan fingerprint density at radius 3 is 2.59 bits per heavy atom. The third-order valence-corrected chi connectivity index (χ3v) is 2.95. The number of hydrogen-bond donors (Lipinski definition) is 2. The average molecular weight is 240 g/mol. The van der Waals surface area contributed by atoms with Crippen molar-refractivity contribution in [1.29, 1.82) is 0 Å². The molecule has 5 nitrogen and oxygen atoms in total. The highest BCUT2D eigenvalue weighted by atomic mass is 16.3. The predicted molar refractivity (Wildman–Crippen MR) is 69.9 cm³/mol. The van der Waals surface area contributed by atoms with E-state index in [1.807, 2.05) is 20.9 Å². The Morgan fingerprint density at radius 2 is 2.12 bits per heavy atom. The van der Waals surface area contributed by atoms with Gasteiger partial charge < -0.3 is 15.7 Å². The van der Waals surface area contributed by atoms with Crippen LogP contribution in [0.5, 0.6) is 0 Å². The van der Waals surface area contributed by atoms with E-state index in [0.29, 0.717) is 13.1 Å². The predicted octanol–water partition coefficient (Wildman–Crippen LogP) is 0.785. The van der Waals surface area contributed by atoms with Gasteiger partial charge in [0.15, 0.2) is 0 Å². The first kappa shape index (κ1) is 14.0. The van der Waals surface area contributed by atoms with Gasteiger partial charge in [-0.15, -0.1) is 0 Å². The molecule has 17 heavy (non-hydrogen) atoms. The van der Waals surface area contributed by atoms with Gasteiger partial charge in [-0.25, -0.2) is 0 Å². The van der Waals surface area contributed by atoms with Gasteiger partial charge in [-0.1, -0.05) is 6.92 Å². The van der Waals surface area contributed by atoms with Crippen LogP contribution in [0.3, 0.4) is 0 Å². The van der Waals surface area contributed by atoms with Gasteiger partial charge in [0.25, 0.3) is 0 Å². The molecule has 3 N–H and O–H groups in total. The first-order valence-electron chi connectivity index (χ1n) is 6.11. The lowest BCUT2D eigenvalue weighted by molar-refractivity contribution is 0.106. The molecular formula is C12H24N4O. The number of aliphatic hydroxyl groups is 1. The van der Waals surface area contributed by atoms with Crippen molar-refractivity contribution in [2.75, 3.05) is 25.9 Å². The largest absolute Gasteiger partial charge is 0.396 e. The number of hydrogen-bond acceptors (Lipinski definition) is 4. The quantitative estimate of drug-likeness (QED) is 0.771. The number of nitrogens with two attached hydrogens (primary N) is 1. The molecular weight excluding hydrogens is 216 g/mol. The summed E-state index contributed by atoms with van der Waals surface area (Å²) < 4.78 is 1.79. The summed E-state index contributed by atoms with van der Waals surface area (Å²) in [6.07, 6.45) is 0.680. The second-order valence-electron chi connectivity index (χ2n) is 4.68. The molecule has 1 heterocycles. The molecule has 5 heteroatoms. The van der Waals surface area contributed by atoms with E-state index in [9.17, 15) is 5.11 Å². The number of aromatic nitrogens is 2. The fraction of sp³-hybridized carbons (Fsp3) is 0.750. The normalized spacial score (nSPS) is 13.3. The van der Waals surface area contributed by atoms with Crippen LogP contribution in [0.4, 0.5) is 5.69 Å². The maximum Gasteiger partial charge on any atom is 0.0862 e. The Labute approximate surface area is 103 Å². The van der Waals surface area contributed by atoms with Crippen molar-refractivity contribution in [3.63, 3.8) is 0 Å². The molecule has 0 aliphatic rings. The lowest BCUT2D eigenvalue weighted by atomic mass is 10.3. The van der Waals surface area contributed by atoms with Crippen LogP contribution in [0.2, 0.25) is 0 Å². The van der Waals surface area contributed by atoms with E-state index in [0.717, 1.165) is 30.0 Å². The summed E-state index contributed by atoms with van der Waals surface area (Å²) in [5.41, 5.74) is 8.33. The number of anilines is 1. The summed E-state index contributed by atoms with van der Waals surface area (Å²) in [5, 5.41) is 14.3. The second kappa shape index (κ2) is 6.02. The molecule has 0 fully saturated rings. The summed E-state index contributed by atoms with van der Waals surface area (Å²) in [6, 6.07) is 0. The highest BCUT2D eigenvalue weighted by Crippen LogP contribution is 2.15. The van der Waals surface area contributed by atoms with Crippen LogP contribution >= 0.6 is 0 Å². The van der Waals surface area contributed by atoms with Gasteiger partial charge in [0.2, 0.25) is 0 Å². The molecule has 0 radical (unpaired) electrons. The molecule has 1 rings (SSSR count). The highest BCUT2D eigenvalue weighted by molar-refractivity contribution is 5.46. The topological polar surface area (TPSA) is 67.3 Å². The minimum absolute atomic E-state index is 0.413. The Kier molecular flexibility index (Phi) is 4.96. The monoisotopic (exact) mass is 240 g/mol. The fourth-order valence-corrected chi connectivity index (χ4v) is 1.98. The smallest absolute Gasteiger partial charge is 0.0862 e. The van der Waals surface area contributed by atoms with Crippen molar-refractivity contribution in [2.24, 2.45) is 0 Å². The van der Waals surface area contributed by atoms with Crippen LogP contribution in [-0.4, -0.2) is 46.0 Å². The molecule has 0 aromatic carbocycles. The highest BCUT2D eigenvalue weighted by Gasteiger charge is 2.13. The van der Waals surface area contributed by atoms with Crippen molar-refractivity contribution in [1.82, 2.24) is 14.7 Å². The maximum absolute atomic E-state index is 9.98. The van der Waals surface area contributed by atoms with Gasteiger partial charge in [0.1, 0.15) is 0 Å². The Balaban J connectivity index is 2.56. The van der Waals surface area contributed by atoms with Gasteiger partial charge in [-0.3, -0.25) is 4.68 Å². The van der Waals surface area contributed by atoms with Crippen LogP contribution in [0.25, 0.3) is 0 Å². The van der Waals surface area contributed by atoms with Gasteiger partial charge >= 0.3 is 0 Å². The standard InChI is InChI=1S/C12H24N4O/c1-5-6-15(4)7-11(17)8-16-10(3)12(13)9(2)14-16/h11,17H,5-8,13H2,1-4H3. The molecule has 0 saturated heterocycles. The van der Waals surface area contributed by atoms with Crippen LogP contribution in [0, 0.1) is 13.8 Å². The first-order valence-corrected chi connectivity index (χ1v) is 6.11. The van der Waals surface area contributed by atoms with Gasteiger partial charge in [0, 0.05) is 6.54 Å². The lowest BCUT2D eigenvalue weighted by Crippen LogP contribution is -2.33. The van der Waals surface area contributed by atoms with E-state index in [2.05, 4.69) is 16.9 Å². The second-order valence-corrected chi connectivity index (χ2v) is 4.68. The number of aryl methyl sites for hydroxylation is 1. The van der Waals surface area contributed by atoms with Crippen molar-refractivity contribution in [2.45, 2.75) is 39.8 Å². The van der Waals surface area contributed by atoms with Crippen molar-refractivity contribution < 1.29 is 5.11 Å². The molecule has 0 aliphatic heterocycles. The summed E-state index contributed by atoms with van der Waals surface area (Å²) in [6.45, 7) is 8.09. The van der Waals surface area contributed by atoms with Crippen molar-refractivity contribution in [3.8, 4) is 0 Å². The minimum Gasteiger partial charge on any atom is -0.396 e. The van der Waals surface area contributed by atoms with Gasteiger partial charge in [-0.2, -0.15) is 5.10 Å². The third kappa shape index (κ3) is 3.71. The zero-order chi connectivity index (χ0) is 13.0. The van der Waals surface area contributed by atoms with Crippen LogP contribution in [0.1, 0.15) is 24.7 Å². The molecule has 1 aromatic rings. The molecule has 98 valence electrons. The zero-order valence-corrected chi connectivity index (χ0v) is 11.3. The summed E-state index contributed by atoms with van der Waals surface area (Å²) >= 11 is 0. The third-order valence-electron chi connectivity index (χ3n) is 2.95. The molecule has 0 bridgehead atoms. The number of likely N-dealkylation sites (N-methyl/N-ethyl adjacent to an activating group) is 1. The Morgan fingerprint density at radius 1 is 1.47 bits per heavy atom. The number of rotatable bonds is 6. The van der Waals surface area contributed by atoms with Crippen LogP contribution < -0.4 is 5.73 Å². The SMILES string of the molecule is CCCN(C)CC(O)Cn1nc(C)c(N)c1C. The minimum atomic E-state index is -0.413. The molecule has 1 aromatic heterocycles. The molecule has 1 unspecified atom stereocenters.